The maximum Gasteiger partial charge on any atom is 0.410 e. The van der Waals surface area contributed by atoms with E-state index in [2.05, 4.69) is 0 Å². The van der Waals surface area contributed by atoms with E-state index in [-0.39, 0.29) is 13.2 Å². The van der Waals surface area contributed by atoms with E-state index < -0.39 is 21.6 Å². The van der Waals surface area contributed by atoms with Crippen LogP contribution >= 0.6 is 23.2 Å². The first-order chi connectivity index (χ1) is 13.7. The highest BCUT2D eigenvalue weighted by molar-refractivity contribution is 7.85. The number of nitrogens with zero attached hydrogens (tertiary/aromatic N) is 1. The lowest BCUT2D eigenvalue weighted by Gasteiger charge is -2.42. The van der Waals surface area contributed by atoms with Crippen LogP contribution in [-0.4, -0.2) is 45.4 Å². The third-order valence-electron chi connectivity index (χ3n) is 4.85. The van der Waals surface area contributed by atoms with Crippen molar-refractivity contribution in [3.8, 4) is 0 Å². The third-order valence-corrected chi connectivity index (χ3v) is 6.18. The zero-order chi connectivity index (χ0) is 21.1. The van der Waals surface area contributed by atoms with Crippen LogP contribution in [0.3, 0.4) is 0 Å². The Morgan fingerprint density at radius 2 is 1.86 bits per heavy atom. The van der Waals surface area contributed by atoms with Gasteiger partial charge in [0.15, 0.2) is 0 Å². The number of carbonyl (C=O) groups excluding carboxylic acids is 1. The molecular weight excluding hydrogens is 437 g/mol. The fourth-order valence-corrected chi connectivity index (χ4v) is 4.06. The lowest BCUT2D eigenvalue weighted by Crippen LogP contribution is -2.52. The molecule has 0 aliphatic carbocycles. The molecule has 0 aromatic heterocycles. The molecule has 2 aromatic rings. The molecule has 9 heteroatoms. The van der Waals surface area contributed by atoms with E-state index in [1.54, 1.807) is 17.0 Å². The quantitative estimate of drug-likeness (QED) is 0.580. The lowest BCUT2D eigenvalue weighted by molar-refractivity contribution is 0.0168. The summed E-state index contributed by atoms with van der Waals surface area (Å²) in [6.07, 6.45) is 0.895. The molecule has 0 bridgehead atoms. The highest BCUT2D eigenvalue weighted by atomic mass is 35.5. The molecule has 0 spiro atoms. The van der Waals surface area contributed by atoms with E-state index in [4.69, 9.17) is 32.1 Å². The topological polar surface area (TPSA) is 72.9 Å². The van der Waals surface area contributed by atoms with Crippen molar-refractivity contribution in [2.75, 3.05) is 26.0 Å². The largest absolute Gasteiger partial charge is 0.448 e. The number of cyclic esters (lactones) is 1. The third kappa shape index (κ3) is 5.63. The van der Waals surface area contributed by atoms with Crippen molar-refractivity contribution < 1.29 is 22.1 Å². The molecule has 2 aromatic carbocycles. The summed E-state index contributed by atoms with van der Waals surface area (Å²) in [4.78, 5) is 14.0. The summed E-state index contributed by atoms with van der Waals surface area (Å²) in [5.74, 6) is 0. The van der Waals surface area contributed by atoms with E-state index in [1.165, 1.54) is 0 Å². The zero-order valence-corrected chi connectivity index (χ0v) is 18.1. The van der Waals surface area contributed by atoms with Crippen LogP contribution in [0.15, 0.2) is 48.5 Å². The van der Waals surface area contributed by atoms with Crippen LogP contribution in [0, 0.1) is 0 Å². The van der Waals surface area contributed by atoms with Crippen LogP contribution in [0.1, 0.15) is 17.5 Å². The molecule has 1 aliphatic rings. The predicted octanol–water partition coefficient (Wildman–Crippen LogP) is 4.25. The molecule has 6 nitrogen and oxygen atoms in total. The van der Waals surface area contributed by atoms with Crippen LogP contribution in [0.4, 0.5) is 4.79 Å². The van der Waals surface area contributed by atoms with Gasteiger partial charge < -0.3 is 9.64 Å². The van der Waals surface area contributed by atoms with E-state index in [0.717, 1.165) is 17.4 Å². The Hall–Kier alpha value is -1.80. The molecule has 0 N–H and O–H groups in total. The Labute approximate surface area is 180 Å². The van der Waals surface area contributed by atoms with Gasteiger partial charge in [-0.1, -0.05) is 59.6 Å². The van der Waals surface area contributed by atoms with Crippen molar-refractivity contribution in [2.24, 2.45) is 0 Å². The minimum atomic E-state index is -3.59. The van der Waals surface area contributed by atoms with Crippen LogP contribution in [0.2, 0.25) is 10.0 Å². The molecule has 1 amide bonds. The van der Waals surface area contributed by atoms with E-state index in [0.29, 0.717) is 29.6 Å². The Bertz CT molecular complexity index is 984. The van der Waals surface area contributed by atoms with Crippen molar-refractivity contribution in [3.05, 3.63) is 69.7 Å². The normalized spacial score (nSPS) is 19.8. The SMILES string of the molecule is CS(=O)(=O)OCCC1(c2ccc(Cl)c(Cl)c2)COC(=O)N(Cc2ccccc2)C1. The number of halogens is 2. The summed E-state index contributed by atoms with van der Waals surface area (Å²) >= 11 is 12.3. The number of rotatable bonds is 7. The molecule has 1 atom stereocenters. The van der Waals surface area contributed by atoms with Gasteiger partial charge in [0, 0.05) is 18.5 Å². The molecule has 1 heterocycles. The second kappa shape index (κ2) is 8.92. The first-order valence-electron chi connectivity index (χ1n) is 8.94. The number of hydrogen-bond donors (Lipinski definition) is 0. The van der Waals surface area contributed by atoms with E-state index in [1.807, 2.05) is 36.4 Å². The zero-order valence-electron chi connectivity index (χ0n) is 15.8. The van der Waals surface area contributed by atoms with Crippen LogP contribution < -0.4 is 0 Å². The fourth-order valence-electron chi connectivity index (χ4n) is 3.38. The number of amides is 1. The summed E-state index contributed by atoms with van der Waals surface area (Å²) < 4.78 is 33.3. The summed E-state index contributed by atoms with van der Waals surface area (Å²) in [6, 6.07) is 14.8. The van der Waals surface area contributed by atoms with E-state index >= 15 is 0 Å². The number of hydrogen-bond acceptors (Lipinski definition) is 5. The molecular formula is C20H21Cl2NO5S. The first kappa shape index (κ1) is 21.9. The van der Waals surface area contributed by atoms with Gasteiger partial charge in [-0.15, -0.1) is 0 Å². The molecule has 1 saturated heterocycles. The molecule has 3 rings (SSSR count). The highest BCUT2D eigenvalue weighted by Crippen LogP contribution is 2.37. The minimum absolute atomic E-state index is 0.0458. The Morgan fingerprint density at radius 3 is 2.52 bits per heavy atom. The molecule has 1 aliphatic heterocycles. The van der Waals surface area contributed by atoms with Crippen LogP contribution in [0.25, 0.3) is 0 Å². The number of ether oxygens (including phenoxy) is 1. The van der Waals surface area contributed by atoms with Crippen molar-refractivity contribution in [1.29, 1.82) is 0 Å². The summed E-state index contributed by atoms with van der Waals surface area (Å²) in [6.45, 7) is 0.736. The van der Waals surface area contributed by atoms with Gasteiger partial charge in [0.05, 0.1) is 22.9 Å². The fraction of sp³-hybridized carbons (Fsp3) is 0.350. The van der Waals surface area contributed by atoms with Crippen LogP contribution in [0.5, 0.6) is 0 Å². The van der Waals surface area contributed by atoms with Crippen LogP contribution in [-0.2, 0) is 31.0 Å². The summed E-state index contributed by atoms with van der Waals surface area (Å²) in [7, 11) is -3.59. The molecule has 29 heavy (non-hydrogen) atoms. The molecule has 0 radical (unpaired) electrons. The van der Waals surface area contributed by atoms with Gasteiger partial charge in [0.1, 0.15) is 6.61 Å². The standard InChI is InChI=1S/C20H21Cl2NO5S/c1-29(25,26)28-10-9-20(16-7-8-17(21)18(22)11-16)13-23(19(24)27-14-20)12-15-5-3-2-4-6-15/h2-8,11H,9-10,12-14H2,1H3. The van der Waals surface area contributed by atoms with Gasteiger partial charge in [-0.2, -0.15) is 8.42 Å². The van der Waals surface area contributed by atoms with Crippen molar-refractivity contribution in [1.82, 2.24) is 4.90 Å². The number of benzene rings is 2. The molecule has 0 saturated carbocycles. The smallest absolute Gasteiger partial charge is 0.410 e. The monoisotopic (exact) mass is 457 g/mol. The predicted molar refractivity (Wildman–Crippen MR) is 112 cm³/mol. The van der Waals surface area contributed by atoms with Crippen molar-refractivity contribution in [2.45, 2.75) is 18.4 Å². The van der Waals surface area contributed by atoms with Gasteiger partial charge in [-0.25, -0.2) is 4.79 Å². The second-order valence-electron chi connectivity index (χ2n) is 7.08. The summed E-state index contributed by atoms with van der Waals surface area (Å²) in [5, 5.41) is 0.783. The minimum Gasteiger partial charge on any atom is -0.448 e. The summed E-state index contributed by atoms with van der Waals surface area (Å²) in [5.41, 5.74) is 1.07. The maximum atomic E-state index is 12.4. The van der Waals surface area contributed by atoms with Crippen molar-refractivity contribution >= 4 is 39.4 Å². The van der Waals surface area contributed by atoms with E-state index in [9.17, 15) is 13.2 Å². The lowest BCUT2D eigenvalue weighted by atomic mass is 9.77. The number of carbonyl (C=O) groups is 1. The van der Waals surface area contributed by atoms with Gasteiger partial charge in [-0.3, -0.25) is 4.18 Å². The first-order valence-corrected chi connectivity index (χ1v) is 11.5. The molecule has 1 fully saturated rings. The Balaban J connectivity index is 1.90. The molecule has 1 unspecified atom stereocenters. The van der Waals surface area contributed by atoms with Gasteiger partial charge >= 0.3 is 6.09 Å². The second-order valence-corrected chi connectivity index (χ2v) is 9.54. The average molecular weight is 458 g/mol. The van der Waals surface area contributed by atoms with Gasteiger partial charge in [-0.05, 0) is 29.7 Å². The highest BCUT2D eigenvalue weighted by Gasteiger charge is 2.42. The molecule has 156 valence electrons. The van der Waals surface area contributed by atoms with Gasteiger partial charge in [0.2, 0.25) is 0 Å². The average Bonchev–Trinajstić information content (AvgIpc) is 2.66. The maximum absolute atomic E-state index is 12.4. The van der Waals surface area contributed by atoms with Crippen molar-refractivity contribution in [3.63, 3.8) is 0 Å². The van der Waals surface area contributed by atoms with Gasteiger partial charge in [0.25, 0.3) is 10.1 Å². The Kier molecular flexibility index (Phi) is 6.73. The Morgan fingerprint density at radius 1 is 1.14 bits per heavy atom.